The summed E-state index contributed by atoms with van der Waals surface area (Å²) in [6, 6.07) is 3.29. The lowest BCUT2D eigenvalue weighted by atomic mass is 9.72. The number of carbonyl (C=O) groups is 2. The van der Waals surface area contributed by atoms with Gasteiger partial charge in [0.05, 0.1) is 16.7 Å². The molecule has 3 aliphatic rings. The maximum Gasteiger partial charge on any atom is 0.255 e. The minimum Gasteiger partial charge on any atom is -0.388 e. The van der Waals surface area contributed by atoms with Crippen LogP contribution in [0.4, 0.5) is 5.82 Å². The molecule has 0 unspecified atom stereocenters. The summed E-state index contributed by atoms with van der Waals surface area (Å²) < 4.78 is 6.08. The molecule has 1 spiro atoms. The van der Waals surface area contributed by atoms with E-state index in [1.807, 2.05) is 6.92 Å². The average molecular weight is 402 g/mol. The number of nitrogen functional groups attached to an aromatic ring is 1. The van der Waals surface area contributed by atoms with Crippen LogP contribution in [-0.2, 0) is 9.53 Å². The van der Waals surface area contributed by atoms with Gasteiger partial charge in [-0.3, -0.25) is 9.59 Å². The van der Waals surface area contributed by atoms with Gasteiger partial charge in [-0.25, -0.2) is 4.98 Å². The van der Waals surface area contributed by atoms with Crippen LogP contribution in [0, 0.1) is 5.92 Å². The van der Waals surface area contributed by atoms with Gasteiger partial charge in [0.2, 0.25) is 5.91 Å². The van der Waals surface area contributed by atoms with E-state index < -0.39 is 17.2 Å². The smallest absolute Gasteiger partial charge is 0.255 e. The molecule has 8 nitrogen and oxygen atoms in total. The highest BCUT2D eigenvalue weighted by Crippen LogP contribution is 2.40. The molecule has 2 aliphatic heterocycles. The summed E-state index contributed by atoms with van der Waals surface area (Å²) in [4.78, 5) is 31.0. The SMILES string of the molecule is C[C@]1(NC(=O)C2CCC2)CCOC2(CCN(C(=O)c3ccc(N)nc3)CC2)[C@@H]1O. The first kappa shape index (κ1) is 20.1. The van der Waals surface area contributed by atoms with Crippen molar-refractivity contribution in [3.63, 3.8) is 0 Å². The number of aromatic nitrogens is 1. The van der Waals surface area contributed by atoms with E-state index in [4.69, 9.17) is 10.5 Å². The number of anilines is 1. The van der Waals surface area contributed by atoms with Crippen LogP contribution in [0.3, 0.4) is 0 Å². The van der Waals surface area contributed by atoms with Gasteiger partial charge in [0.1, 0.15) is 11.9 Å². The predicted molar refractivity (Wildman–Crippen MR) is 107 cm³/mol. The van der Waals surface area contributed by atoms with Gasteiger partial charge in [0.15, 0.2) is 0 Å². The number of nitrogens with zero attached hydrogens (tertiary/aromatic N) is 2. The van der Waals surface area contributed by atoms with Gasteiger partial charge < -0.3 is 25.8 Å². The molecular formula is C21H30N4O4. The molecule has 1 aromatic heterocycles. The van der Waals surface area contributed by atoms with E-state index >= 15 is 0 Å². The van der Waals surface area contributed by atoms with Crippen molar-refractivity contribution in [3.8, 4) is 0 Å². The van der Waals surface area contributed by atoms with Gasteiger partial charge in [-0.15, -0.1) is 0 Å². The van der Waals surface area contributed by atoms with Gasteiger partial charge in [0, 0.05) is 31.8 Å². The van der Waals surface area contributed by atoms with Crippen molar-refractivity contribution in [3.05, 3.63) is 23.9 Å². The summed E-state index contributed by atoms with van der Waals surface area (Å²) in [5.41, 5.74) is 4.64. The molecule has 2 amide bonds. The van der Waals surface area contributed by atoms with Crippen LogP contribution in [0.15, 0.2) is 18.3 Å². The second-order valence-electron chi connectivity index (χ2n) is 8.86. The Morgan fingerprint density at radius 2 is 2.00 bits per heavy atom. The minimum atomic E-state index is -0.816. The molecule has 2 atom stereocenters. The normalized spacial score (nSPS) is 29.3. The Labute approximate surface area is 170 Å². The summed E-state index contributed by atoms with van der Waals surface area (Å²) in [7, 11) is 0. The maximum atomic E-state index is 12.7. The lowest BCUT2D eigenvalue weighted by Crippen LogP contribution is -2.70. The second-order valence-corrected chi connectivity index (χ2v) is 8.86. The topological polar surface area (TPSA) is 118 Å². The first-order chi connectivity index (χ1) is 13.8. The number of nitrogens with one attached hydrogen (secondary N) is 1. The van der Waals surface area contributed by atoms with Crippen LogP contribution in [0.5, 0.6) is 0 Å². The van der Waals surface area contributed by atoms with E-state index in [1.54, 1.807) is 17.0 Å². The molecule has 0 bridgehead atoms. The number of nitrogens with two attached hydrogens (primary N) is 1. The molecule has 0 radical (unpaired) electrons. The highest BCUT2D eigenvalue weighted by Gasteiger charge is 2.54. The number of pyridine rings is 1. The van der Waals surface area contributed by atoms with Crippen molar-refractivity contribution >= 4 is 17.6 Å². The molecule has 8 heteroatoms. The summed E-state index contributed by atoms with van der Waals surface area (Å²) in [6.07, 6.45) is 5.25. The number of ether oxygens (including phenoxy) is 1. The van der Waals surface area contributed by atoms with Crippen LogP contribution >= 0.6 is 0 Å². The zero-order valence-electron chi connectivity index (χ0n) is 16.9. The molecule has 1 saturated carbocycles. The largest absolute Gasteiger partial charge is 0.388 e. The molecule has 158 valence electrons. The van der Waals surface area contributed by atoms with Crippen molar-refractivity contribution in [1.29, 1.82) is 0 Å². The Hall–Kier alpha value is -2.19. The first-order valence-electron chi connectivity index (χ1n) is 10.5. The third-order valence-electron chi connectivity index (χ3n) is 6.93. The fourth-order valence-corrected chi connectivity index (χ4v) is 4.67. The number of hydrogen-bond donors (Lipinski definition) is 3. The number of hydrogen-bond acceptors (Lipinski definition) is 6. The summed E-state index contributed by atoms with van der Waals surface area (Å²) >= 11 is 0. The zero-order chi connectivity index (χ0) is 20.6. The van der Waals surface area contributed by atoms with Gasteiger partial charge in [0.25, 0.3) is 5.91 Å². The number of likely N-dealkylation sites (tertiary alicyclic amines) is 1. The fraction of sp³-hybridized carbons (Fsp3) is 0.667. The Morgan fingerprint density at radius 1 is 1.28 bits per heavy atom. The van der Waals surface area contributed by atoms with E-state index in [0.717, 1.165) is 19.3 Å². The van der Waals surface area contributed by atoms with E-state index in [-0.39, 0.29) is 17.7 Å². The quantitative estimate of drug-likeness (QED) is 0.697. The molecule has 1 aliphatic carbocycles. The highest BCUT2D eigenvalue weighted by molar-refractivity contribution is 5.94. The summed E-state index contributed by atoms with van der Waals surface area (Å²) in [6.45, 7) is 3.35. The number of aliphatic hydroxyl groups is 1. The molecule has 4 rings (SSSR count). The molecule has 4 N–H and O–H groups in total. The van der Waals surface area contributed by atoms with Gasteiger partial charge in [-0.1, -0.05) is 6.42 Å². The van der Waals surface area contributed by atoms with Crippen molar-refractivity contribution in [1.82, 2.24) is 15.2 Å². The second kappa shape index (κ2) is 7.57. The molecule has 1 aromatic rings. The maximum absolute atomic E-state index is 12.7. The predicted octanol–water partition coefficient (Wildman–Crippen LogP) is 1.09. The van der Waals surface area contributed by atoms with Gasteiger partial charge in [-0.2, -0.15) is 0 Å². The minimum absolute atomic E-state index is 0.0401. The Balaban J connectivity index is 1.41. The van der Waals surface area contributed by atoms with Crippen LogP contribution in [0.25, 0.3) is 0 Å². The van der Waals surface area contributed by atoms with Crippen molar-refractivity contribution in [2.45, 2.75) is 62.7 Å². The van der Waals surface area contributed by atoms with E-state index in [2.05, 4.69) is 10.3 Å². The number of rotatable bonds is 3. The summed E-state index contributed by atoms with van der Waals surface area (Å²) in [5.74, 6) is 0.393. The number of amides is 2. The van der Waals surface area contributed by atoms with E-state index in [9.17, 15) is 14.7 Å². The molecule has 3 fully saturated rings. The van der Waals surface area contributed by atoms with Crippen LogP contribution < -0.4 is 11.1 Å². The highest BCUT2D eigenvalue weighted by atomic mass is 16.5. The van der Waals surface area contributed by atoms with Crippen LogP contribution in [-0.4, -0.2) is 63.7 Å². The zero-order valence-corrected chi connectivity index (χ0v) is 16.9. The van der Waals surface area contributed by atoms with Crippen molar-refractivity contribution in [2.24, 2.45) is 5.92 Å². The molecular weight excluding hydrogens is 372 g/mol. The van der Waals surface area contributed by atoms with Crippen LogP contribution in [0.1, 0.15) is 55.8 Å². The Morgan fingerprint density at radius 3 is 2.59 bits per heavy atom. The lowest BCUT2D eigenvalue weighted by Gasteiger charge is -2.54. The third-order valence-corrected chi connectivity index (χ3v) is 6.93. The van der Waals surface area contributed by atoms with Crippen molar-refractivity contribution < 1.29 is 19.4 Å². The molecule has 2 saturated heterocycles. The van der Waals surface area contributed by atoms with E-state index in [0.29, 0.717) is 50.3 Å². The first-order valence-corrected chi connectivity index (χ1v) is 10.5. The van der Waals surface area contributed by atoms with Gasteiger partial charge in [-0.05, 0) is 51.2 Å². The third kappa shape index (κ3) is 3.71. The Kier molecular flexibility index (Phi) is 5.25. The number of carbonyl (C=O) groups excluding carboxylic acids is 2. The molecule has 29 heavy (non-hydrogen) atoms. The summed E-state index contributed by atoms with van der Waals surface area (Å²) in [5, 5.41) is 14.3. The average Bonchev–Trinajstić information content (AvgIpc) is 2.65. The van der Waals surface area contributed by atoms with Crippen molar-refractivity contribution in [2.75, 3.05) is 25.4 Å². The monoisotopic (exact) mass is 402 g/mol. The fourth-order valence-electron chi connectivity index (χ4n) is 4.67. The standard InChI is InChI=1S/C21H30N4O4/c1-20(24-17(26)14-3-2-4-14)9-12-29-21(19(20)28)7-10-25(11-8-21)18(27)15-5-6-16(22)23-13-15/h5-6,13-14,19,28H,2-4,7-12H2,1H3,(H2,22,23)(H,24,26)/t19-,20+/m1/s1. The number of aliphatic hydroxyl groups excluding tert-OH is 1. The molecule has 3 heterocycles. The molecule has 0 aromatic carbocycles. The van der Waals surface area contributed by atoms with E-state index in [1.165, 1.54) is 6.20 Å². The lowest BCUT2D eigenvalue weighted by molar-refractivity contribution is -0.206. The van der Waals surface area contributed by atoms with Crippen LogP contribution in [0.2, 0.25) is 0 Å². The number of piperidine rings is 1. The Bertz CT molecular complexity index is 771. The van der Waals surface area contributed by atoms with Gasteiger partial charge >= 0.3 is 0 Å².